The molecule has 0 aliphatic carbocycles. The first kappa shape index (κ1) is 12.2. The Morgan fingerprint density at radius 3 is 2.20 bits per heavy atom. The Labute approximate surface area is 63.4 Å². The zero-order valence-electron chi connectivity index (χ0n) is 6.73. The van der Waals surface area contributed by atoms with Gasteiger partial charge < -0.3 is 0 Å². The van der Waals surface area contributed by atoms with E-state index in [1.54, 1.807) is 0 Å². The highest BCUT2D eigenvalue weighted by molar-refractivity contribution is 4.82. The fraction of sp³-hybridized carbons (Fsp3) is 0.778. The third-order valence-corrected chi connectivity index (χ3v) is 1.42. The van der Waals surface area contributed by atoms with E-state index in [4.69, 9.17) is 6.42 Å². The molecule has 0 saturated heterocycles. The van der Waals surface area contributed by atoms with Gasteiger partial charge in [-0.05, 0) is 6.42 Å². The quantitative estimate of drug-likeness (QED) is 0.411. The Morgan fingerprint density at radius 2 is 1.70 bits per heavy atom. The average molecular weight is 144 g/mol. The molecule has 0 aromatic carbocycles. The first-order valence-corrected chi connectivity index (χ1v) is 3.85. The van der Waals surface area contributed by atoms with Gasteiger partial charge in [0.15, 0.2) is 0 Å². The van der Waals surface area contributed by atoms with E-state index in [-0.39, 0.29) is 4.70 Å². The largest absolute Gasteiger partial charge is 0.269 e. The molecule has 0 unspecified atom stereocenters. The molecule has 1 heteroatoms. The molecule has 0 radical (unpaired) electrons. The van der Waals surface area contributed by atoms with Gasteiger partial charge in [-0.2, -0.15) is 0 Å². The van der Waals surface area contributed by atoms with Crippen LogP contribution in [0.2, 0.25) is 0 Å². The van der Waals surface area contributed by atoms with Crippen molar-refractivity contribution < 1.29 is 4.70 Å². The fourth-order valence-electron chi connectivity index (χ4n) is 0.831. The SMILES string of the molecule is C#CCCCCCCC.F. The minimum Gasteiger partial charge on any atom is -0.269 e. The molecule has 60 valence electrons. The van der Waals surface area contributed by atoms with Crippen molar-refractivity contribution in [3.8, 4) is 12.3 Å². The van der Waals surface area contributed by atoms with Crippen molar-refractivity contribution in [1.29, 1.82) is 0 Å². The van der Waals surface area contributed by atoms with Gasteiger partial charge in [0.05, 0.1) is 0 Å². The maximum absolute atomic E-state index is 5.09. The van der Waals surface area contributed by atoms with Crippen molar-refractivity contribution >= 4 is 0 Å². The Morgan fingerprint density at radius 1 is 1.10 bits per heavy atom. The van der Waals surface area contributed by atoms with Crippen molar-refractivity contribution in [2.75, 3.05) is 0 Å². The second-order valence-electron chi connectivity index (χ2n) is 2.37. The molecular formula is C9H17F. The van der Waals surface area contributed by atoms with Crippen LogP contribution in [0.1, 0.15) is 45.4 Å². The zero-order valence-corrected chi connectivity index (χ0v) is 6.73. The van der Waals surface area contributed by atoms with Gasteiger partial charge in [0.2, 0.25) is 0 Å². The monoisotopic (exact) mass is 144 g/mol. The van der Waals surface area contributed by atoms with Crippen LogP contribution in [-0.4, -0.2) is 0 Å². The molecule has 10 heavy (non-hydrogen) atoms. The molecule has 0 heterocycles. The molecule has 0 spiro atoms. The topological polar surface area (TPSA) is 0 Å². The summed E-state index contributed by atoms with van der Waals surface area (Å²) < 4.78 is 0. The molecular weight excluding hydrogens is 127 g/mol. The molecule has 0 nitrogen and oxygen atoms in total. The average Bonchev–Trinajstić information content (AvgIpc) is 1.89. The van der Waals surface area contributed by atoms with Gasteiger partial charge in [-0.15, -0.1) is 12.3 Å². The molecule has 0 aliphatic heterocycles. The maximum Gasteiger partial charge on any atom is 0.00860 e. The van der Waals surface area contributed by atoms with Crippen LogP contribution in [0.3, 0.4) is 0 Å². The molecule has 0 atom stereocenters. The summed E-state index contributed by atoms with van der Waals surface area (Å²) in [4.78, 5) is 0. The Bertz CT molecular complexity index is 81.2. The number of unbranched alkanes of at least 4 members (excludes halogenated alkanes) is 5. The summed E-state index contributed by atoms with van der Waals surface area (Å²) in [6.07, 6.45) is 12.6. The minimum absolute atomic E-state index is 0. The molecule has 0 saturated carbocycles. The highest BCUT2D eigenvalue weighted by Gasteiger charge is 1.84. The standard InChI is InChI=1S/C9H16.FH/c1-3-5-7-9-8-6-4-2;/h1H,4-9H2,2H3;1H. The zero-order chi connectivity index (χ0) is 6.95. The van der Waals surface area contributed by atoms with E-state index in [9.17, 15) is 0 Å². The summed E-state index contributed by atoms with van der Waals surface area (Å²) >= 11 is 0. The number of rotatable bonds is 5. The Hall–Kier alpha value is -0.510. The summed E-state index contributed by atoms with van der Waals surface area (Å²) in [5.74, 6) is 2.64. The highest BCUT2D eigenvalue weighted by atomic mass is 19.0. The van der Waals surface area contributed by atoms with E-state index in [1.165, 1.54) is 32.1 Å². The summed E-state index contributed by atoms with van der Waals surface area (Å²) in [5, 5.41) is 0. The molecule has 0 rings (SSSR count). The van der Waals surface area contributed by atoms with E-state index in [0.717, 1.165) is 6.42 Å². The van der Waals surface area contributed by atoms with E-state index in [2.05, 4.69) is 12.8 Å². The van der Waals surface area contributed by atoms with Gasteiger partial charge in [-0.1, -0.05) is 32.6 Å². The summed E-state index contributed by atoms with van der Waals surface area (Å²) in [5.41, 5.74) is 0. The van der Waals surface area contributed by atoms with Crippen molar-refractivity contribution in [3.05, 3.63) is 0 Å². The predicted molar refractivity (Wildman–Crippen MR) is 44.7 cm³/mol. The van der Waals surface area contributed by atoms with Gasteiger partial charge >= 0.3 is 0 Å². The predicted octanol–water partition coefficient (Wildman–Crippen LogP) is 3.13. The molecule has 0 amide bonds. The summed E-state index contributed by atoms with van der Waals surface area (Å²) in [6.45, 7) is 2.22. The lowest BCUT2D eigenvalue weighted by atomic mass is 10.1. The van der Waals surface area contributed by atoms with Crippen LogP contribution in [0.15, 0.2) is 0 Å². The third-order valence-electron chi connectivity index (χ3n) is 1.42. The molecule has 0 aliphatic rings. The smallest absolute Gasteiger partial charge is 0.00860 e. The second kappa shape index (κ2) is 11.3. The van der Waals surface area contributed by atoms with Crippen LogP contribution in [0.5, 0.6) is 0 Å². The van der Waals surface area contributed by atoms with Crippen LogP contribution in [0, 0.1) is 12.3 Å². The van der Waals surface area contributed by atoms with Crippen molar-refractivity contribution in [2.24, 2.45) is 0 Å². The number of halogens is 1. The summed E-state index contributed by atoms with van der Waals surface area (Å²) in [6, 6.07) is 0. The number of hydrogen-bond donors (Lipinski definition) is 0. The lowest BCUT2D eigenvalue weighted by Crippen LogP contribution is -1.75. The lowest BCUT2D eigenvalue weighted by Gasteiger charge is -1.93. The van der Waals surface area contributed by atoms with Crippen molar-refractivity contribution in [3.63, 3.8) is 0 Å². The molecule has 0 aromatic rings. The van der Waals surface area contributed by atoms with Gasteiger partial charge in [-0.3, -0.25) is 4.70 Å². The van der Waals surface area contributed by atoms with E-state index < -0.39 is 0 Å². The van der Waals surface area contributed by atoms with Gasteiger partial charge in [-0.25, -0.2) is 0 Å². The molecule has 0 N–H and O–H groups in total. The van der Waals surface area contributed by atoms with Crippen LogP contribution in [0.25, 0.3) is 0 Å². The van der Waals surface area contributed by atoms with E-state index >= 15 is 0 Å². The maximum atomic E-state index is 5.09. The van der Waals surface area contributed by atoms with Crippen LogP contribution < -0.4 is 0 Å². The second-order valence-corrected chi connectivity index (χ2v) is 2.37. The molecule has 0 aromatic heterocycles. The molecule has 0 fully saturated rings. The van der Waals surface area contributed by atoms with Gasteiger partial charge in [0.25, 0.3) is 0 Å². The van der Waals surface area contributed by atoms with Crippen LogP contribution in [0.4, 0.5) is 4.70 Å². The third kappa shape index (κ3) is 10.5. The van der Waals surface area contributed by atoms with Gasteiger partial charge in [0.1, 0.15) is 0 Å². The fourth-order valence-corrected chi connectivity index (χ4v) is 0.831. The van der Waals surface area contributed by atoms with Gasteiger partial charge in [0, 0.05) is 6.42 Å². The van der Waals surface area contributed by atoms with Crippen LogP contribution in [-0.2, 0) is 0 Å². The number of terminal acetylenes is 1. The lowest BCUT2D eigenvalue weighted by molar-refractivity contribution is 0.641. The van der Waals surface area contributed by atoms with E-state index in [1.807, 2.05) is 0 Å². The minimum atomic E-state index is 0. The first-order chi connectivity index (χ1) is 4.41. The molecule has 0 bridgehead atoms. The van der Waals surface area contributed by atoms with Crippen molar-refractivity contribution in [2.45, 2.75) is 45.4 Å². The van der Waals surface area contributed by atoms with E-state index in [0.29, 0.717) is 0 Å². The van der Waals surface area contributed by atoms with Crippen LogP contribution >= 0.6 is 0 Å². The summed E-state index contributed by atoms with van der Waals surface area (Å²) in [7, 11) is 0. The first-order valence-electron chi connectivity index (χ1n) is 3.85. The normalized spacial score (nSPS) is 8.00. The van der Waals surface area contributed by atoms with Crippen molar-refractivity contribution in [1.82, 2.24) is 0 Å². The number of hydrogen-bond acceptors (Lipinski definition) is 0. The Balaban J connectivity index is 0. The Kier molecular flexibility index (Phi) is 13.8. The highest BCUT2D eigenvalue weighted by Crippen LogP contribution is 2.03.